The average Bonchev–Trinajstić information content (AvgIpc) is 2.52. The van der Waals surface area contributed by atoms with Crippen LogP contribution in [0.3, 0.4) is 0 Å². The van der Waals surface area contributed by atoms with E-state index in [0.717, 1.165) is 4.44 Å². The minimum atomic E-state index is -2.97. The Kier molecular flexibility index (Phi) is 4.38. The molecule has 0 saturated heterocycles. The fourth-order valence-corrected chi connectivity index (χ4v) is 10.6. The van der Waals surface area contributed by atoms with Crippen LogP contribution in [0, 0.1) is 0 Å². The summed E-state index contributed by atoms with van der Waals surface area (Å²) >= 11 is -1.31. The fraction of sp³-hybridized carbons (Fsp3) is 0.500. The molecule has 74 valence electrons. The Balaban J connectivity index is 3.07. The van der Waals surface area contributed by atoms with E-state index in [0.29, 0.717) is 0 Å². The van der Waals surface area contributed by atoms with E-state index in [1.165, 1.54) is 8.46 Å². The molecule has 13 heavy (non-hydrogen) atoms. The molecule has 1 aromatic heterocycles. The van der Waals surface area contributed by atoms with E-state index >= 15 is 0 Å². The van der Waals surface area contributed by atoms with Crippen LogP contribution in [0.2, 0.25) is 4.44 Å². The molecular weight excluding hydrogens is 332 g/mol. The van der Waals surface area contributed by atoms with Crippen LogP contribution in [-0.4, -0.2) is 16.1 Å². The van der Waals surface area contributed by atoms with E-state index in [2.05, 4.69) is 6.92 Å². The van der Waals surface area contributed by atoms with Gasteiger partial charge < -0.3 is 0 Å². The van der Waals surface area contributed by atoms with E-state index in [9.17, 15) is 0 Å². The van der Waals surface area contributed by atoms with E-state index in [-0.39, 0.29) is 6.04 Å². The monoisotopic (exact) mass is 345 g/mol. The minimum absolute atomic E-state index is 0.0510. The zero-order valence-electron chi connectivity index (χ0n) is 7.68. The van der Waals surface area contributed by atoms with Gasteiger partial charge in [-0.3, -0.25) is 0 Å². The molecule has 0 bridgehead atoms. The molecule has 1 unspecified atom stereocenters. The summed E-state index contributed by atoms with van der Waals surface area (Å²) in [6, 6.07) is 2.10. The molecule has 0 aliphatic carbocycles. The molecule has 0 saturated carbocycles. The van der Waals surface area contributed by atoms with Crippen LogP contribution in [0.5, 0.6) is 0 Å². The zero-order chi connectivity index (χ0) is 10.1. The fourth-order valence-electron chi connectivity index (χ4n) is 1.17. The molecule has 0 aliphatic heterocycles. The second-order valence-corrected chi connectivity index (χ2v) is 21.5. The quantitative estimate of drug-likeness (QED) is 0.838. The van der Waals surface area contributed by atoms with Gasteiger partial charge in [-0.2, -0.15) is 0 Å². The first-order valence-electron chi connectivity index (χ1n) is 4.20. The molecule has 2 N–H and O–H groups in total. The molecule has 0 amide bonds. The van der Waals surface area contributed by atoms with E-state index < -0.39 is 16.1 Å². The molecule has 0 spiro atoms. The van der Waals surface area contributed by atoms with Gasteiger partial charge in [-0.05, 0) is 0 Å². The Hall–Kier alpha value is 1.04. The summed E-state index contributed by atoms with van der Waals surface area (Å²) in [5, 5.41) is 2.03. The Morgan fingerprint density at radius 2 is 2.23 bits per heavy atom. The summed E-state index contributed by atoms with van der Waals surface area (Å²) in [6.07, 6.45) is 0. The average molecular weight is 345 g/mol. The van der Waals surface area contributed by atoms with Crippen LogP contribution < -0.4 is 9.31 Å². The van der Waals surface area contributed by atoms with Gasteiger partial charge in [0.15, 0.2) is 0 Å². The van der Waals surface area contributed by atoms with Crippen molar-refractivity contribution >= 4 is 48.9 Å². The first kappa shape index (κ1) is 12.1. The van der Waals surface area contributed by atoms with Crippen molar-refractivity contribution in [3.63, 3.8) is 0 Å². The maximum absolute atomic E-state index is 6.36. The summed E-state index contributed by atoms with van der Waals surface area (Å²) < 4.78 is 2.06. The predicted molar refractivity (Wildman–Crippen MR) is 64.5 cm³/mol. The van der Waals surface area contributed by atoms with Crippen molar-refractivity contribution in [2.75, 3.05) is 0 Å². The first-order chi connectivity index (χ1) is 5.99. The molecule has 1 rings (SSSR count). The Bertz CT molecular complexity index is 285. The van der Waals surface area contributed by atoms with E-state index in [4.69, 9.17) is 23.6 Å². The van der Waals surface area contributed by atoms with E-state index in [1.807, 2.05) is 18.4 Å². The molecular formula is C8H13Cl2NSSn. The predicted octanol–water partition coefficient (Wildman–Crippen LogP) is 2.91. The van der Waals surface area contributed by atoms with Gasteiger partial charge in [0, 0.05) is 0 Å². The van der Waals surface area contributed by atoms with Crippen molar-refractivity contribution < 1.29 is 0 Å². The summed E-state index contributed by atoms with van der Waals surface area (Å²) in [6.45, 7) is 4.03. The summed E-state index contributed by atoms with van der Waals surface area (Å²) in [5.74, 6) is 0. The van der Waals surface area contributed by atoms with Gasteiger partial charge in [0.1, 0.15) is 0 Å². The number of hydrogen-bond donors (Lipinski definition) is 1. The normalized spacial score (nSPS) is 14.5. The number of hydrogen-bond acceptors (Lipinski definition) is 2. The van der Waals surface area contributed by atoms with Gasteiger partial charge in [0.2, 0.25) is 0 Å². The zero-order valence-corrected chi connectivity index (χ0v) is 12.9. The van der Waals surface area contributed by atoms with Gasteiger partial charge in [-0.15, -0.1) is 0 Å². The molecule has 1 nitrogen and oxygen atoms in total. The Morgan fingerprint density at radius 3 is 2.69 bits per heavy atom. The molecule has 0 radical (unpaired) electrons. The van der Waals surface area contributed by atoms with Crippen LogP contribution in [-0.2, 0) is 0 Å². The van der Waals surface area contributed by atoms with Crippen molar-refractivity contribution in [3.05, 3.63) is 16.3 Å². The molecule has 0 aromatic carbocycles. The van der Waals surface area contributed by atoms with Crippen molar-refractivity contribution in [2.45, 2.75) is 24.3 Å². The van der Waals surface area contributed by atoms with Gasteiger partial charge in [0.25, 0.3) is 0 Å². The first-order valence-corrected chi connectivity index (χ1v) is 15.8. The van der Waals surface area contributed by atoms with Crippen molar-refractivity contribution in [1.82, 2.24) is 0 Å². The second-order valence-electron chi connectivity index (χ2n) is 3.05. The van der Waals surface area contributed by atoms with Gasteiger partial charge in [-0.25, -0.2) is 0 Å². The third-order valence-corrected chi connectivity index (χ3v) is 15.9. The van der Waals surface area contributed by atoms with Crippen LogP contribution in [0.15, 0.2) is 11.4 Å². The molecule has 0 fully saturated rings. The van der Waals surface area contributed by atoms with Crippen LogP contribution in [0.25, 0.3) is 0 Å². The van der Waals surface area contributed by atoms with Gasteiger partial charge >= 0.3 is 95.3 Å². The Morgan fingerprint density at radius 1 is 1.62 bits per heavy atom. The summed E-state index contributed by atoms with van der Waals surface area (Å²) in [4.78, 5) is 1.17. The number of rotatable bonds is 3. The van der Waals surface area contributed by atoms with Crippen molar-refractivity contribution in [2.24, 2.45) is 5.73 Å². The molecule has 0 aliphatic rings. The van der Waals surface area contributed by atoms with Crippen molar-refractivity contribution in [1.29, 1.82) is 0 Å². The second kappa shape index (κ2) is 4.71. The third-order valence-electron chi connectivity index (χ3n) is 1.95. The van der Waals surface area contributed by atoms with E-state index in [1.54, 1.807) is 11.3 Å². The van der Waals surface area contributed by atoms with Crippen molar-refractivity contribution in [3.8, 4) is 0 Å². The van der Waals surface area contributed by atoms with Crippen LogP contribution in [0.1, 0.15) is 24.8 Å². The van der Waals surface area contributed by atoms with Gasteiger partial charge in [0.05, 0.1) is 0 Å². The Labute approximate surface area is 94.5 Å². The summed E-state index contributed by atoms with van der Waals surface area (Å²) in [7, 11) is 12.7. The standard InChI is InChI=1S/C6H8NS.C2H5.2ClH.Sn/c1-5(7)6-3-2-4-8-6;1-2;;;/h2,4-5H,7H2,1H3;1H2,2H3;2*1H;/q;;;;+2/p-2. The topological polar surface area (TPSA) is 26.0 Å². The molecule has 1 aromatic rings. The SMILES string of the molecule is C[CH2][Sn]([Cl])([Cl])[c]1ccsc1C(C)N. The summed E-state index contributed by atoms with van der Waals surface area (Å²) in [5.41, 5.74) is 5.84. The number of thiophene rings is 1. The van der Waals surface area contributed by atoms with Crippen LogP contribution >= 0.6 is 29.2 Å². The molecule has 1 atom stereocenters. The molecule has 5 heteroatoms. The number of halogens is 2. The number of nitrogens with two attached hydrogens (primary N) is 1. The van der Waals surface area contributed by atoms with Gasteiger partial charge in [-0.1, -0.05) is 0 Å². The maximum atomic E-state index is 6.36. The van der Waals surface area contributed by atoms with Crippen LogP contribution in [0.4, 0.5) is 0 Å². The third kappa shape index (κ3) is 2.75. The molecule has 1 heterocycles.